The molecule has 0 bridgehead atoms. The fourth-order valence-corrected chi connectivity index (χ4v) is 1.34. The SMILES string of the molecule is CC(=O)c1c[nH]c(-c2cccnc2F)c1. The number of halogens is 1. The predicted octanol–water partition coefficient (Wildman–Crippen LogP) is 2.42. The number of Topliss-reactive ketones (excluding diaryl/α,β-unsaturated/α-hetero) is 1. The summed E-state index contributed by atoms with van der Waals surface area (Å²) in [5, 5.41) is 0. The van der Waals surface area contributed by atoms with Gasteiger partial charge >= 0.3 is 0 Å². The number of carbonyl (C=O) groups is 1. The van der Waals surface area contributed by atoms with Crippen LogP contribution in [-0.2, 0) is 0 Å². The van der Waals surface area contributed by atoms with Crippen LogP contribution in [0.15, 0.2) is 30.6 Å². The Morgan fingerprint density at radius 1 is 1.53 bits per heavy atom. The van der Waals surface area contributed by atoms with Crippen LogP contribution in [0.4, 0.5) is 4.39 Å². The molecule has 0 aliphatic carbocycles. The summed E-state index contributed by atoms with van der Waals surface area (Å²) in [7, 11) is 0. The highest BCUT2D eigenvalue weighted by atomic mass is 19.1. The maximum Gasteiger partial charge on any atom is 0.222 e. The Balaban J connectivity index is 2.46. The van der Waals surface area contributed by atoms with Crippen molar-refractivity contribution in [2.75, 3.05) is 0 Å². The highest BCUT2D eigenvalue weighted by Crippen LogP contribution is 2.20. The van der Waals surface area contributed by atoms with E-state index in [0.717, 1.165) is 0 Å². The highest BCUT2D eigenvalue weighted by molar-refractivity contribution is 5.95. The van der Waals surface area contributed by atoms with Gasteiger partial charge in [-0.3, -0.25) is 4.79 Å². The van der Waals surface area contributed by atoms with E-state index in [2.05, 4.69) is 9.97 Å². The molecule has 15 heavy (non-hydrogen) atoms. The maximum atomic E-state index is 13.3. The molecular formula is C11H9FN2O. The van der Waals surface area contributed by atoms with Crippen LogP contribution in [0.3, 0.4) is 0 Å². The van der Waals surface area contributed by atoms with E-state index < -0.39 is 5.95 Å². The van der Waals surface area contributed by atoms with Crippen molar-refractivity contribution < 1.29 is 9.18 Å². The summed E-state index contributed by atoms with van der Waals surface area (Å²) in [5.41, 5.74) is 1.46. The summed E-state index contributed by atoms with van der Waals surface area (Å²) in [6.07, 6.45) is 2.94. The van der Waals surface area contributed by atoms with E-state index in [9.17, 15) is 9.18 Å². The molecule has 1 N–H and O–H groups in total. The summed E-state index contributed by atoms with van der Waals surface area (Å²) in [6.45, 7) is 1.46. The average Bonchev–Trinajstić information content (AvgIpc) is 2.67. The first kappa shape index (κ1) is 9.58. The summed E-state index contributed by atoms with van der Waals surface area (Å²) >= 11 is 0. The predicted molar refractivity (Wildman–Crippen MR) is 54.0 cm³/mol. The van der Waals surface area contributed by atoms with Crippen LogP contribution < -0.4 is 0 Å². The van der Waals surface area contributed by atoms with Gasteiger partial charge in [0, 0.05) is 18.0 Å². The molecule has 2 rings (SSSR count). The number of hydrogen-bond donors (Lipinski definition) is 1. The zero-order chi connectivity index (χ0) is 10.8. The van der Waals surface area contributed by atoms with Gasteiger partial charge in [-0.2, -0.15) is 4.39 Å². The van der Waals surface area contributed by atoms with Gasteiger partial charge in [0.1, 0.15) is 0 Å². The maximum absolute atomic E-state index is 13.3. The van der Waals surface area contributed by atoms with Crippen LogP contribution in [0.2, 0.25) is 0 Å². The Hall–Kier alpha value is -1.97. The molecule has 0 radical (unpaired) electrons. The third kappa shape index (κ3) is 1.79. The van der Waals surface area contributed by atoms with Crippen LogP contribution in [0.5, 0.6) is 0 Å². The van der Waals surface area contributed by atoms with Crippen molar-refractivity contribution in [3.8, 4) is 11.3 Å². The van der Waals surface area contributed by atoms with Gasteiger partial charge in [0.2, 0.25) is 5.95 Å². The van der Waals surface area contributed by atoms with Crippen LogP contribution in [-0.4, -0.2) is 15.8 Å². The van der Waals surface area contributed by atoms with Gasteiger partial charge < -0.3 is 4.98 Å². The molecule has 0 saturated carbocycles. The average molecular weight is 204 g/mol. The smallest absolute Gasteiger partial charge is 0.222 e. The van der Waals surface area contributed by atoms with E-state index in [4.69, 9.17) is 0 Å². The lowest BCUT2D eigenvalue weighted by Crippen LogP contribution is -1.88. The minimum Gasteiger partial charge on any atom is -0.360 e. The van der Waals surface area contributed by atoms with E-state index in [1.807, 2.05) is 0 Å². The summed E-state index contributed by atoms with van der Waals surface area (Å²) in [4.78, 5) is 17.4. The Labute approximate surface area is 86.0 Å². The number of rotatable bonds is 2. The third-order valence-electron chi connectivity index (χ3n) is 2.14. The van der Waals surface area contributed by atoms with Gasteiger partial charge in [0.15, 0.2) is 5.78 Å². The second-order valence-corrected chi connectivity index (χ2v) is 3.20. The standard InChI is InChI=1S/C11H9FN2O/c1-7(15)8-5-10(14-6-8)9-3-2-4-13-11(9)12/h2-6,14H,1H3. The minimum absolute atomic E-state index is 0.0539. The van der Waals surface area contributed by atoms with Crippen LogP contribution in [0.25, 0.3) is 11.3 Å². The van der Waals surface area contributed by atoms with Crippen molar-refractivity contribution in [3.05, 3.63) is 42.1 Å². The topological polar surface area (TPSA) is 45.8 Å². The molecule has 2 heterocycles. The molecule has 0 spiro atoms. The van der Waals surface area contributed by atoms with E-state index >= 15 is 0 Å². The number of aromatic amines is 1. The molecule has 4 heteroatoms. The number of nitrogens with one attached hydrogen (secondary N) is 1. The molecule has 0 saturated heterocycles. The molecule has 76 valence electrons. The number of pyridine rings is 1. The van der Waals surface area contributed by atoms with Gasteiger partial charge in [-0.15, -0.1) is 0 Å². The zero-order valence-corrected chi connectivity index (χ0v) is 8.12. The molecule has 0 aliphatic heterocycles. The van der Waals surface area contributed by atoms with E-state index in [1.54, 1.807) is 24.4 Å². The highest BCUT2D eigenvalue weighted by Gasteiger charge is 2.09. The lowest BCUT2D eigenvalue weighted by molar-refractivity contribution is 0.101. The van der Waals surface area contributed by atoms with Gasteiger partial charge in [-0.1, -0.05) is 0 Å². The number of hydrogen-bond acceptors (Lipinski definition) is 2. The van der Waals surface area contributed by atoms with Crippen LogP contribution >= 0.6 is 0 Å². The largest absolute Gasteiger partial charge is 0.360 e. The van der Waals surface area contributed by atoms with E-state index in [-0.39, 0.29) is 5.78 Å². The second-order valence-electron chi connectivity index (χ2n) is 3.20. The van der Waals surface area contributed by atoms with E-state index in [0.29, 0.717) is 16.8 Å². The molecule has 0 aromatic carbocycles. The lowest BCUT2D eigenvalue weighted by atomic mass is 10.1. The molecule has 2 aromatic heterocycles. The Morgan fingerprint density at radius 2 is 2.33 bits per heavy atom. The van der Waals surface area contributed by atoms with Crippen molar-refractivity contribution in [2.24, 2.45) is 0 Å². The van der Waals surface area contributed by atoms with Gasteiger partial charge in [0.25, 0.3) is 0 Å². The van der Waals surface area contributed by atoms with Crippen molar-refractivity contribution in [2.45, 2.75) is 6.92 Å². The molecule has 3 nitrogen and oxygen atoms in total. The minimum atomic E-state index is -0.547. The number of ketones is 1. The molecule has 0 fully saturated rings. The van der Waals surface area contributed by atoms with Crippen LogP contribution in [0.1, 0.15) is 17.3 Å². The number of aromatic nitrogens is 2. The molecular weight excluding hydrogens is 195 g/mol. The summed E-state index contributed by atoms with van der Waals surface area (Å²) < 4.78 is 13.3. The van der Waals surface area contributed by atoms with Crippen molar-refractivity contribution in [1.82, 2.24) is 9.97 Å². The van der Waals surface area contributed by atoms with Crippen LogP contribution in [0, 0.1) is 5.95 Å². The quantitative estimate of drug-likeness (QED) is 0.603. The molecule has 2 aromatic rings. The monoisotopic (exact) mass is 204 g/mol. The second kappa shape index (κ2) is 3.65. The summed E-state index contributed by atoms with van der Waals surface area (Å²) in [6, 6.07) is 4.87. The molecule has 0 unspecified atom stereocenters. The Kier molecular flexibility index (Phi) is 2.33. The zero-order valence-electron chi connectivity index (χ0n) is 8.12. The van der Waals surface area contributed by atoms with Crippen molar-refractivity contribution in [3.63, 3.8) is 0 Å². The fraction of sp³-hybridized carbons (Fsp3) is 0.0909. The fourth-order valence-electron chi connectivity index (χ4n) is 1.34. The number of H-pyrrole nitrogens is 1. The first-order valence-corrected chi connectivity index (χ1v) is 4.48. The third-order valence-corrected chi connectivity index (χ3v) is 2.14. The first-order chi connectivity index (χ1) is 7.18. The molecule has 0 amide bonds. The molecule has 0 aliphatic rings. The van der Waals surface area contributed by atoms with E-state index in [1.165, 1.54) is 13.1 Å². The van der Waals surface area contributed by atoms with Crippen molar-refractivity contribution in [1.29, 1.82) is 0 Å². The lowest BCUT2D eigenvalue weighted by Gasteiger charge is -1.97. The Morgan fingerprint density at radius 3 is 2.93 bits per heavy atom. The molecule has 0 atom stereocenters. The number of nitrogens with zero attached hydrogens (tertiary/aromatic N) is 1. The van der Waals surface area contributed by atoms with Gasteiger partial charge in [-0.25, -0.2) is 4.98 Å². The summed E-state index contributed by atoms with van der Waals surface area (Å²) in [5.74, 6) is -0.601. The van der Waals surface area contributed by atoms with Crippen molar-refractivity contribution >= 4 is 5.78 Å². The number of carbonyl (C=O) groups excluding carboxylic acids is 1. The first-order valence-electron chi connectivity index (χ1n) is 4.48. The normalized spacial score (nSPS) is 10.3. The Bertz CT molecular complexity index is 505. The van der Waals surface area contributed by atoms with Gasteiger partial charge in [0.05, 0.1) is 11.3 Å². The van der Waals surface area contributed by atoms with Gasteiger partial charge in [-0.05, 0) is 25.1 Å².